The summed E-state index contributed by atoms with van der Waals surface area (Å²) in [6.45, 7) is 7.00. The number of nitrogens with zero attached hydrogens (tertiary/aromatic N) is 1. The summed E-state index contributed by atoms with van der Waals surface area (Å²) in [6.07, 6.45) is 0. The third kappa shape index (κ3) is 5.54. The highest BCUT2D eigenvalue weighted by molar-refractivity contribution is 7.99. The average molecular weight is 350 g/mol. The molecule has 0 radical (unpaired) electrons. The lowest BCUT2D eigenvalue weighted by molar-refractivity contribution is 0.307. The molecule has 1 aliphatic heterocycles. The van der Waals surface area contributed by atoms with Gasteiger partial charge >= 0.3 is 0 Å². The predicted octanol–water partition coefficient (Wildman–Crippen LogP) is 1.18. The zero-order valence-electron chi connectivity index (χ0n) is 12.3. The number of thioether (sulfide) groups is 1. The van der Waals surface area contributed by atoms with Crippen molar-refractivity contribution in [3.05, 3.63) is 17.0 Å². The van der Waals surface area contributed by atoms with Crippen molar-refractivity contribution in [2.75, 3.05) is 44.2 Å². The molecule has 8 heteroatoms. The maximum atomic E-state index is 12.2. The van der Waals surface area contributed by atoms with E-state index in [1.54, 1.807) is 6.07 Å². The quantitative estimate of drug-likeness (QED) is 0.738. The van der Waals surface area contributed by atoms with Crippen molar-refractivity contribution >= 4 is 33.1 Å². The average Bonchev–Trinajstić information content (AvgIpc) is 2.96. The van der Waals surface area contributed by atoms with Crippen LogP contribution in [-0.2, 0) is 16.6 Å². The lowest BCUT2D eigenvalue weighted by Crippen LogP contribution is -2.39. The molecule has 5 nitrogen and oxygen atoms in total. The van der Waals surface area contributed by atoms with E-state index >= 15 is 0 Å². The molecule has 0 unspecified atom stereocenters. The molecular formula is C13H23N3O2S3. The van der Waals surface area contributed by atoms with Crippen LogP contribution in [0.5, 0.6) is 0 Å². The summed E-state index contributed by atoms with van der Waals surface area (Å²) in [5.74, 6) is 2.29. The zero-order chi connectivity index (χ0) is 15.1. The largest absolute Gasteiger partial charge is 0.313 e. The number of nitrogens with one attached hydrogen (secondary N) is 2. The lowest BCUT2D eigenvalue weighted by Gasteiger charge is -2.25. The minimum atomic E-state index is -3.36. The van der Waals surface area contributed by atoms with Crippen LogP contribution in [0.2, 0.25) is 0 Å². The monoisotopic (exact) mass is 349 g/mol. The minimum Gasteiger partial charge on any atom is -0.313 e. The highest BCUT2D eigenvalue weighted by Crippen LogP contribution is 2.20. The van der Waals surface area contributed by atoms with Crippen molar-refractivity contribution in [1.29, 1.82) is 0 Å². The van der Waals surface area contributed by atoms with Crippen LogP contribution in [0.15, 0.2) is 15.7 Å². The van der Waals surface area contributed by atoms with Gasteiger partial charge in [-0.2, -0.15) is 11.8 Å². The van der Waals surface area contributed by atoms with Gasteiger partial charge in [0.2, 0.25) is 10.0 Å². The third-order valence-corrected chi connectivity index (χ3v) is 7.19. The summed E-state index contributed by atoms with van der Waals surface area (Å²) in [5, 5.41) is 5.10. The molecule has 1 aromatic rings. The maximum absolute atomic E-state index is 12.2. The topological polar surface area (TPSA) is 61.4 Å². The van der Waals surface area contributed by atoms with E-state index in [1.165, 1.54) is 11.3 Å². The van der Waals surface area contributed by atoms with Crippen molar-refractivity contribution < 1.29 is 8.42 Å². The molecule has 1 aliphatic rings. The summed E-state index contributed by atoms with van der Waals surface area (Å²) in [4.78, 5) is 2.31. The second kappa shape index (κ2) is 8.50. The molecule has 1 aromatic heterocycles. The molecule has 0 spiro atoms. The normalized spacial score (nSPS) is 17.2. The predicted molar refractivity (Wildman–Crippen MR) is 90.7 cm³/mol. The van der Waals surface area contributed by atoms with E-state index in [2.05, 4.69) is 14.9 Å². The molecule has 0 saturated carbocycles. The Labute approximate surface area is 135 Å². The van der Waals surface area contributed by atoms with Crippen molar-refractivity contribution in [1.82, 2.24) is 14.9 Å². The molecule has 0 atom stereocenters. The van der Waals surface area contributed by atoms with Crippen LogP contribution in [0.1, 0.15) is 12.5 Å². The van der Waals surface area contributed by atoms with Crippen molar-refractivity contribution in [2.24, 2.45) is 0 Å². The van der Waals surface area contributed by atoms with Crippen LogP contribution in [-0.4, -0.2) is 57.5 Å². The van der Waals surface area contributed by atoms with Crippen molar-refractivity contribution in [3.63, 3.8) is 0 Å². The van der Waals surface area contributed by atoms with E-state index in [1.807, 2.05) is 24.1 Å². The van der Waals surface area contributed by atoms with E-state index < -0.39 is 10.0 Å². The van der Waals surface area contributed by atoms with Crippen molar-refractivity contribution in [2.45, 2.75) is 17.7 Å². The first kappa shape index (κ1) is 17.2. The smallest absolute Gasteiger partial charge is 0.250 e. The molecule has 0 amide bonds. The Morgan fingerprint density at radius 2 is 2.10 bits per heavy atom. The molecule has 1 saturated heterocycles. The number of hydrogen-bond acceptors (Lipinski definition) is 6. The van der Waals surface area contributed by atoms with Gasteiger partial charge in [-0.15, -0.1) is 11.3 Å². The second-order valence-corrected chi connectivity index (χ2v) is 9.04. The van der Waals surface area contributed by atoms with Gasteiger partial charge in [-0.05, 0) is 23.6 Å². The van der Waals surface area contributed by atoms with Crippen LogP contribution in [0.4, 0.5) is 0 Å². The van der Waals surface area contributed by atoms with Crippen LogP contribution in [0, 0.1) is 0 Å². The fraction of sp³-hybridized carbons (Fsp3) is 0.692. The van der Waals surface area contributed by atoms with E-state index in [4.69, 9.17) is 0 Å². The highest BCUT2D eigenvalue weighted by atomic mass is 32.2. The summed E-state index contributed by atoms with van der Waals surface area (Å²) in [5.41, 5.74) is 1.02. The summed E-state index contributed by atoms with van der Waals surface area (Å²) in [6, 6.07) is 1.76. The zero-order valence-corrected chi connectivity index (χ0v) is 14.7. The first-order chi connectivity index (χ1) is 10.1. The van der Waals surface area contributed by atoms with E-state index in [0.29, 0.717) is 17.3 Å². The standard InChI is InChI=1S/C13H23N3O2S3/c1-2-14-10-12-9-13(20-11-12)21(17,18)15-3-4-16-5-7-19-8-6-16/h9,11,14-15H,2-8,10H2,1H3. The first-order valence-electron chi connectivity index (χ1n) is 7.19. The molecule has 21 heavy (non-hydrogen) atoms. The lowest BCUT2D eigenvalue weighted by atomic mass is 10.3. The molecule has 120 valence electrons. The minimum absolute atomic E-state index is 0.407. The highest BCUT2D eigenvalue weighted by Gasteiger charge is 2.17. The Kier molecular flexibility index (Phi) is 6.97. The summed E-state index contributed by atoms with van der Waals surface area (Å²) >= 11 is 3.24. The molecule has 0 aromatic carbocycles. The fourth-order valence-electron chi connectivity index (χ4n) is 2.09. The van der Waals surface area contributed by atoms with Crippen LogP contribution in [0.3, 0.4) is 0 Å². The Morgan fingerprint density at radius 3 is 2.81 bits per heavy atom. The maximum Gasteiger partial charge on any atom is 0.250 e. The van der Waals surface area contributed by atoms with Crippen LogP contribution >= 0.6 is 23.1 Å². The van der Waals surface area contributed by atoms with Gasteiger partial charge in [-0.1, -0.05) is 6.92 Å². The second-order valence-electron chi connectivity index (χ2n) is 4.91. The molecule has 0 bridgehead atoms. The molecule has 2 heterocycles. The number of rotatable bonds is 8. The van der Waals surface area contributed by atoms with E-state index in [0.717, 1.165) is 43.2 Å². The Balaban J connectivity index is 1.81. The number of sulfonamides is 1. The number of hydrogen-bond donors (Lipinski definition) is 2. The van der Waals surface area contributed by atoms with Crippen LogP contribution < -0.4 is 10.0 Å². The Hall–Kier alpha value is -0.120. The summed E-state index contributed by atoms with van der Waals surface area (Å²) < 4.78 is 27.5. The Morgan fingerprint density at radius 1 is 1.33 bits per heavy atom. The molecule has 0 aliphatic carbocycles. The molecule has 2 N–H and O–H groups in total. The van der Waals surface area contributed by atoms with Gasteiger partial charge in [-0.25, -0.2) is 13.1 Å². The van der Waals surface area contributed by atoms with Gasteiger partial charge in [0.05, 0.1) is 0 Å². The molecular weight excluding hydrogens is 326 g/mol. The van der Waals surface area contributed by atoms with Gasteiger partial charge in [0, 0.05) is 44.2 Å². The van der Waals surface area contributed by atoms with Gasteiger partial charge < -0.3 is 10.2 Å². The molecule has 2 rings (SSSR count). The SMILES string of the molecule is CCNCc1csc(S(=O)(=O)NCCN2CCSCC2)c1. The van der Waals surface area contributed by atoms with Gasteiger partial charge in [0.1, 0.15) is 4.21 Å². The van der Waals surface area contributed by atoms with Crippen LogP contribution in [0.25, 0.3) is 0 Å². The van der Waals surface area contributed by atoms with E-state index in [9.17, 15) is 8.42 Å². The number of thiophene rings is 1. The van der Waals surface area contributed by atoms with Crippen molar-refractivity contribution in [3.8, 4) is 0 Å². The van der Waals surface area contributed by atoms with Gasteiger partial charge in [0.15, 0.2) is 0 Å². The molecule has 1 fully saturated rings. The Bertz CT molecular complexity index is 525. The fourth-order valence-corrected chi connectivity index (χ4v) is 5.34. The summed E-state index contributed by atoms with van der Waals surface area (Å²) in [7, 11) is -3.36. The first-order valence-corrected chi connectivity index (χ1v) is 10.7. The van der Waals surface area contributed by atoms with E-state index in [-0.39, 0.29) is 0 Å². The van der Waals surface area contributed by atoms with Gasteiger partial charge in [-0.3, -0.25) is 0 Å². The van der Waals surface area contributed by atoms with Gasteiger partial charge in [0.25, 0.3) is 0 Å². The third-order valence-electron chi connectivity index (χ3n) is 3.30.